The minimum atomic E-state index is -0.193. The molecule has 0 aromatic carbocycles. The van der Waals surface area contributed by atoms with Crippen LogP contribution in [0.1, 0.15) is 20.8 Å². The van der Waals surface area contributed by atoms with Crippen LogP contribution in [0.3, 0.4) is 0 Å². The zero-order valence-electron chi connectivity index (χ0n) is 10.2. The number of hydrogen-bond acceptors (Lipinski definition) is 3. The number of hydrogen-bond donors (Lipinski definition) is 1. The number of carbonyl (C=O) groups is 1. The molecular weight excluding hydrogens is 256 g/mol. The fourth-order valence-corrected chi connectivity index (χ4v) is 2.21. The van der Waals surface area contributed by atoms with Gasteiger partial charge in [0.1, 0.15) is 5.03 Å². The summed E-state index contributed by atoms with van der Waals surface area (Å²) < 4.78 is 0. The molecule has 0 bridgehead atoms. The number of nitrogens with zero attached hydrogens (tertiary/aromatic N) is 1. The van der Waals surface area contributed by atoms with E-state index in [1.165, 1.54) is 11.8 Å². The average molecular weight is 273 g/mol. The van der Waals surface area contributed by atoms with E-state index in [4.69, 9.17) is 11.6 Å². The minimum absolute atomic E-state index is 0.0189. The lowest BCUT2D eigenvalue weighted by molar-refractivity contribution is -0.120. The summed E-state index contributed by atoms with van der Waals surface area (Å²) in [6.07, 6.45) is 1.67. The van der Waals surface area contributed by atoms with Gasteiger partial charge in [0.2, 0.25) is 5.91 Å². The summed E-state index contributed by atoms with van der Waals surface area (Å²) >= 11 is 7.36. The summed E-state index contributed by atoms with van der Waals surface area (Å²) in [7, 11) is 0. The molecule has 0 fully saturated rings. The Kier molecular flexibility index (Phi) is 5.78. The number of amides is 1. The summed E-state index contributed by atoms with van der Waals surface area (Å²) in [6, 6.07) is 3.55. The Morgan fingerprint density at radius 3 is 2.82 bits per heavy atom. The van der Waals surface area contributed by atoms with Crippen molar-refractivity contribution in [1.82, 2.24) is 10.3 Å². The van der Waals surface area contributed by atoms with Crippen LogP contribution < -0.4 is 5.32 Å². The molecule has 0 aliphatic heterocycles. The Morgan fingerprint density at radius 1 is 1.53 bits per heavy atom. The molecule has 5 heteroatoms. The first-order valence-corrected chi connectivity index (χ1v) is 6.81. The molecule has 1 heterocycles. The second-order valence-electron chi connectivity index (χ2n) is 4.19. The van der Waals surface area contributed by atoms with Crippen molar-refractivity contribution in [2.24, 2.45) is 5.92 Å². The minimum Gasteiger partial charge on any atom is -0.355 e. The predicted molar refractivity (Wildman–Crippen MR) is 72.4 cm³/mol. The number of carbonyl (C=O) groups excluding carboxylic acids is 1. The Labute approximate surface area is 111 Å². The molecule has 0 aliphatic rings. The highest BCUT2D eigenvalue weighted by molar-refractivity contribution is 8.00. The lowest BCUT2D eigenvalue weighted by atomic mass is 10.2. The van der Waals surface area contributed by atoms with Gasteiger partial charge in [-0.2, -0.15) is 0 Å². The van der Waals surface area contributed by atoms with Gasteiger partial charge in [-0.3, -0.25) is 4.79 Å². The normalized spacial score (nSPS) is 12.5. The highest BCUT2D eigenvalue weighted by atomic mass is 35.5. The Hall–Kier alpha value is -0.740. The Bertz CT molecular complexity index is 385. The summed E-state index contributed by atoms with van der Waals surface area (Å²) in [6.45, 7) is 6.67. The van der Waals surface area contributed by atoms with Crippen molar-refractivity contribution in [3.8, 4) is 0 Å². The first-order chi connectivity index (χ1) is 8.00. The van der Waals surface area contributed by atoms with Crippen LogP contribution in [0.4, 0.5) is 0 Å². The summed E-state index contributed by atoms with van der Waals surface area (Å²) in [5.74, 6) is 0.472. The summed E-state index contributed by atoms with van der Waals surface area (Å²) in [5.41, 5.74) is 0. The number of halogens is 1. The van der Waals surface area contributed by atoms with Crippen LogP contribution in [-0.2, 0) is 4.79 Å². The lowest BCUT2D eigenvalue weighted by Crippen LogP contribution is -2.33. The molecule has 0 spiro atoms. The van der Waals surface area contributed by atoms with Crippen LogP contribution in [-0.4, -0.2) is 22.7 Å². The maximum absolute atomic E-state index is 11.8. The molecule has 0 unspecified atom stereocenters. The topological polar surface area (TPSA) is 42.0 Å². The maximum atomic E-state index is 11.8. The van der Waals surface area contributed by atoms with Crippen molar-refractivity contribution in [3.05, 3.63) is 23.4 Å². The monoisotopic (exact) mass is 272 g/mol. The molecule has 0 aliphatic carbocycles. The van der Waals surface area contributed by atoms with E-state index in [-0.39, 0.29) is 11.2 Å². The molecule has 0 saturated heterocycles. The van der Waals surface area contributed by atoms with Crippen LogP contribution in [0.5, 0.6) is 0 Å². The Morgan fingerprint density at radius 2 is 2.24 bits per heavy atom. The molecule has 1 rings (SSSR count). The molecule has 1 amide bonds. The van der Waals surface area contributed by atoms with Crippen LogP contribution >= 0.6 is 23.4 Å². The first-order valence-electron chi connectivity index (χ1n) is 5.55. The quantitative estimate of drug-likeness (QED) is 0.838. The van der Waals surface area contributed by atoms with Gasteiger partial charge in [-0.25, -0.2) is 4.98 Å². The molecule has 94 valence electrons. The molecule has 0 radical (unpaired) electrons. The molecule has 1 N–H and O–H groups in total. The fraction of sp³-hybridized carbons (Fsp3) is 0.500. The van der Waals surface area contributed by atoms with Crippen LogP contribution in [0.25, 0.3) is 0 Å². The number of nitrogens with one attached hydrogen (secondary N) is 1. The molecule has 17 heavy (non-hydrogen) atoms. The number of rotatable bonds is 5. The van der Waals surface area contributed by atoms with Crippen molar-refractivity contribution in [2.45, 2.75) is 31.0 Å². The maximum Gasteiger partial charge on any atom is 0.233 e. The van der Waals surface area contributed by atoms with Gasteiger partial charge in [0.15, 0.2) is 0 Å². The van der Waals surface area contributed by atoms with E-state index < -0.39 is 0 Å². The van der Waals surface area contributed by atoms with E-state index in [1.54, 1.807) is 18.3 Å². The second-order valence-corrected chi connectivity index (χ2v) is 5.93. The number of thioether (sulfide) groups is 1. The third-order valence-corrected chi connectivity index (χ3v) is 3.60. The zero-order chi connectivity index (χ0) is 12.8. The lowest BCUT2D eigenvalue weighted by Gasteiger charge is -2.13. The molecule has 1 aromatic rings. The van der Waals surface area contributed by atoms with Crippen molar-refractivity contribution < 1.29 is 4.79 Å². The van der Waals surface area contributed by atoms with Crippen LogP contribution in [0, 0.1) is 5.92 Å². The average Bonchev–Trinajstić information content (AvgIpc) is 2.28. The van der Waals surface area contributed by atoms with Gasteiger partial charge in [0, 0.05) is 12.7 Å². The van der Waals surface area contributed by atoms with Crippen LogP contribution in [0.2, 0.25) is 5.02 Å². The van der Waals surface area contributed by atoms with E-state index in [2.05, 4.69) is 24.1 Å². The third kappa shape index (κ3) is 4.96. The van der Waals surface area contributed by atoms with E-state index in [1.807, 2.05) is 6.92 Å². The molecule has 1 atom stereocenters. The van der Waals surface area contributed by atoms with Gasteiger partial charge in [-0.1, -0.05) is 37.2 Å². The van der Waals surface area contributed by atoms with Gasteiger partial charge in [-0.15, -0.1) is 0 Å². The number of pyridine rings is 1. The van der Waals surface area contributed by atoms with E-state index in [0.717, 1.165) is 0 Å². The highest BCUT2D eigenvalue weighted by Gasteiger charge is 2.16. The molecular formula is C12H17ClN2OS. The first kappa shape index (κ1) is 14.3. The van der Waals surface area contributed by atoms with Gasteiger partial charge < -0.3 is 5.32 Å². The predicted octanol–water partition coefficient (Wildman–Crippen LogP) is 2.99. The van der Waals surface area contributed by atoms with Gasteiger partial charge in [-0.05, 0) is 25.0 Å². The molecule has 3 nitrogen and oxygen atoms in total. The summed E-state index contributed by atoms with van der Waals surface area (Å²) in [4.78, 5) is 15.9. The van der Waals surface area contributed by atoms with Crippen molar-refractivity contribution in [1.29, 1.82) is 0 Å². The fourth-order valence-electron chi connectivity index (χ4n) is 1.13. The highest BCUT2D eigenvalue weighted by Crippen LogP contribution is 2.27. The van der Waals surface area contributed by atoms with Gasteiger partial charge in [0.05, 0.1) is 10.3 Å². The standard InChI is InChI=1S/C12H17ClN2OS/c1-8(2)7-15-11(16)9(3)17-12-10(13)5-4-6-14-12/h4-6,8-9H,7H2,1-3H3,(H,15,16)/t9-/m1/s1. The Balaban J connectivity index is 2.51. The van der Waals surface area contributed by atoms with Crippen molar-refractivity contribution in [2.75, 3.05) is 6.54 Å². The van der Waals surface area contributed by atoms with Gasteiger partial charge in [0.25, 0.3) is 0 Å². The molecule has 1 aromatic heterocycles. The van der Waals surface area contributed by atoms with Gasteiger partial charge >= 0.3 is 0 Å². The second kappa shape index (κ2) is 6.87. The van der Waals surface area contributed by atoms with E-state index in [0.29, 0.717) is 22.5 Å². The van der Waals surface area contributed by atoms with Crippen molar-refractivity contribution >= 4 is 29.3 Å². The molecule has 0 saturated carbocycles. The zero-order valence-corrected chi connectivity index (χ0v) is 11.8. The van der Waals surface area contributed by atoms with Crippen molar-refractivity contribution in [3.63, 3.8) is 0 Å². The third-order valence-electron chi connectivity index (χ3n) is 2.07. The summed E-state index contributed by atoms with van der Waals surface area (Å²) in [5, 5.41) is 3.98. The SMILES string of the molecule is CC(C)CNC(=O)[C@@H](C)Sc1ncccc1Cl. The number of aromatic nitrogens is 1. The smallest absolute Gasteiger partial charge is 0.233 e. The largest absolute Gasteiger partial charge is 0.355 e. The van der Waals surface area contributed by atoms with E-state index in [9.17, 15) is 4.79 Å². The van der Waals surface area contributed by atoms with Crippen LogP contribution in [0.15, 0.2) is 23.4 Å². The van der Waals surface area contributed by atoms with E-state index >= 15 is 0 Å².